The lowest BCUT2D eigenvalue weighted by molar-refractivity contribution is 0.299. The van der Waals surface area contributed by atoms with Gasteiger partial charge in [-0.3, -0.25) is 4.99 Å². The van der Waals surface area contributed by atoms with Crippen molar-refractivity contribution in [2.45, 2.75) is 45.1 Å². The van der Waals surface area contributed by atoms with Gasteiger partial charge in [-0.25, -0.2) is 0 Å². The molecule has 0 bridgehead atoms. The normalized spacial score (nSPS) is 24.2. The first-order valence-corrected chi connectivity index (χ1v) is 8.65. The highest BCUT2D eigenvalue weighted by Gasteiger charge is 2.35. The highest BCUT2D eigenvalue weighted by Crippen LogP contribution is 2.35. The Kier molecular flexibility index (Phi) is 7.58. The topological polar surface area (TPSA) is 58.3 Å². The summed E-state index contributed by atoms with van der Waals surface area (Å²) in [4.78, 5) is 6.95. The second-order valence-electron chi connectivity index (χ2n) is 6.59. The summed E-state index contributed by atoms with van der Waals surface area (Å²) in [6.45, 7) is 4.37. The molecule has 1 aromatic rings. The monoisotopic (exact) mass is 432 g/mol. The maximum atomic E-state index is 4.48. The second-order valence-corrected chi connectivity index (χ2v) is 6.59. The van der Waals surface area contributed by atoms with Crippen molar-refractivity contribution in [3.63, 3.8) is 0 Å². The summed E-state index contributed by atoms with van der Waals surface area (Å²) >= 11 is 0. The number of unbranched alkanes of at least 4 members (excludes halogenated alkanes) is 1. The van der Waals surface area contributed by atoms with E-state index in [1.807, 2.05) is 11.6 Å². The largest absolute Gasteiger partial charge is 0.356 e. The lowest BCUT2D eigenvalue weighted by Gasteiger charge is -2.22. The van der Waals surface area contributed by atoms with E-state index in [1.165, 1.54) is 38.8 Å². The maximum Gasteiger partial charge on any atom is 0.193 e. The summed E-state index contributed by atoms with van der Waals surface area (Å²) in [6.07, 6.45) is 11.5. The molecular formula is C16H29IN6. The molecular weight excluding hydrogens is 403 g/mol. The van der Waals surface area contributed by atoms with Crippen LogP contribution in [-0.2, 0) is 6.54 Å². The van der Waals surface area contributed by atoms with Crippen LogP contribution in [0.1, 0.15) is 38.5 Å². The van der Waals surface area contributed by atoms with Gasteiger partial charge in [0.2, 0.25) is 0 Å². The average Bonchev–Trinajstić information content (AvgIpc) is 3.19. The van der Waals surface area contributed by atoms with E-state index in [0.717, 1.165) is 43.7 Å². The van der Waals surface area contributed by atoms with Crippen LogP contribution >= 0.6 is 24.0 Å². The highest BCUT2D eigenvalue weighted by atomic mass is 127. The molecule has 2 aliphatic rings. The number of fused-ring (bicyclic) bond motifs is 1. The molecule has 130 valence electrons. The molecule has 23 heavy (non-hydrogen) atoms. The predicted molar refractivity (Wildman–Crippen MR) is 103 cm³/mol. The van der Waals surface area contributed by atoms with Gasteiger partial charge in [-0.2, -0.15) is 0 Å². The van der Waals surface area contributed by atoms with E-state index in [-0.39, 0.29) is 24.0 Å². The third kappa shape index (κ3) is 5.06. The van der Waals surface area contributed by atoms with Crippen LogP contribution in [0, 0.1) is 11.8 Å². The Labute approximate surface area is 156 Å². The van der Waals surface area contributed by atoms with Crippen molar-refractivity contribution in [2.75, 3.05) is 26.7 Å². The van der Waals surface area contributed by atoms with E-state index in [2.05, 4.69) is 25.4 Å². The Bertz CT molecular complexity index is 461. The van der Waals surface area contributed by atoms with Crippen molar-refractivity contribution >= 4 is 29.9 Å². The van der Waals surface area contributed by atoms with E-state index in [9.17, 15) is 0 Å². The third-order valence-electron chi connectivity index (χ3n) is 5.08. The number of aryl methyl sites for hydroxylation is 1. The summed E-state index contributed by atoms with van der Waals surface area (Å²) in [5, 5.41) is 11.2. The molecule has 0 aromatic carbocycles. The first-order valence-electron chi connectivity index (χ1n) is 8.65. The van der Waals surface area contributed by atoms with Crippen LogP contribution in [0.2, 0.25) is 0 Å². The molecule has 2 atom stereocenters. The first-order chi connectivity index (χ1) is 10.9. The summed E-state index contributed by atoms with van der Waals surface area (Å²) in [7, 11) is 1.90. The van der Waals surface area contributed by atoms with E-state index in [1.54, 1.807) is 12.7 Å². The number of aromatic nitrogens is 3. The summed E-state index contributed by atoms with van der Waals surface area (Å²) in [6, 6.07) is 0. The van der Waals surface area contributed by atoms with Gasteiger partial charge in [0.25, 0.3) is 0 Å². The predicted octanol–water partition coefficient (Wildman–Crippen LogP) is 2.37. The summed E-state index contributed by atoms with van der Waals surface area (Å²) in [5.74, 6) is 2.90. The van der Waals surface area contributed by atoms with Gasteiger partial charge in [0.1, 0.15) is 12.7 Å². The molecule has 6 nitrogen and oxygen atoms in total. The number of rotatable bonds is 5. The molecule has 1 saturated carbocycles. The Morgan fingerprint density at radius 3 is 2.39 bits per heavy atom. The quantitative estimate of drug-likeness (QED) is 0.336. The van der Waals surface area contributed by atoms with Crippen molar-refractivity contribution in [1.29, 1.82) is 0 Å². The van der Waals surface area contributed by atoms with Gasteiger partial charge in [-0.1, -0.05) is 12.8 Å². The number of aliphatic imine (C=N–C) groups is 1. The molecule has 0 radical (unpaired) electrons. The van der Waals surface area contributed by atoms with Crippen LogP contribution in [0.5, 0.6) is 0 Å². The fourth-order valence-corrected chi connectivity index (χ4v) is 3.87. The number of nitrogens with zero attached hydrogens (tertiary/aromatic N) is 5. The Hall–Kier alpha value is -0.860. The molecule has 1 aromatic heterocycles. The molecule has 2 unspecified atom stereocenters. The number of hydrogen-bond donors (Lipinski definition) is 1. The second kappa shape index (κ2) is 9.44. The van der Waals surface area contributed by atoms with E-state index < -0.39 is 0 Å². The zero-order valence-electron chi connectivity index (χ0n) is 14.0. The lowest BCUT2D eigenvalue weighted by Crippen LogP contribution is -2.40. The molecule has 0 spiro atoms. The smallest absolute Gasteiger partial charge is 0.193 e. The van der Waals surface area contributed by atoms with E-state index in [0.29, 0.717) is 0 Å². The zero-order valence-corrected chi connectivity index (χ0v) is 16.4. The summed E-state index contributed by atoms with van der Waals surface area (Å²) < 4.78 is 2.03. The molecule has 1 aliphatic carbocycles. The molecule has 2 heterocycles. The fourth-order valence-electron chi connectivity index (χ4n) is 3.87. The van der Waals surface area contributed by atoms with Crippen molar-refractivity contribution < 1.29 is 0 Å². The van der Waals surface area contributed by atoms with Crippen LogP contribution in [0.4, 0.5) is 0 Å². The van der Waals surface area contributed by atoms with Crippen molar-refractivity contribution in [2.24, 2.45) is 16.8 Å². The number of nitrogens with one attached hydrogen (secondary N) is 1. The highest BCUT2D eigenvalue weighted by molar-refractivity contribution is 14.0. The van der Waals surface area contributed by atoms with Gasteiger partial charge in [0.05, 0.1) is 0 Å². The van der Waals surface area contributed by atoms with Gasteiger partial charge >= 0.3 is 0 Å². The minimum Gasteiger partial charge on any atom is -0.356 e. The Morgan fingerprint density at radius 1 is 1.13 bits per heavy atom. The van der Waals surface area contributed by atoms with Gasteiger partial charge < -0.3 is 14.8 Å². The first kappa shape index (κ1) is 18.5. The van der Waals surface area contributed by atoms with Gasteiger partial charge in [0, 0.05) is 33.2 Å². The number of likely N-dealkylation sites (tertiary alicyclic amines) is 1. The lowest BCUT2D eigenvalue weighted by atomic mass is 9.82. The van der Waals surface area contributed by atoms with Crippen LogP contribution < -0.4 is 5.32 Å². The maximum absolute atomic E-state index is 4.48. The van der Waals surface area contributed by atoms with E-state index in [4.69, 9.17) is 0 Å². The van der Waals surface area contributed by atoms with Crippen LogP contribution in [0.25, 0.3) is 0 Å². The van der Waals surface area contributed by atoms with Gasteiger partial charge in [0.15, 0.2) is 5.96 Å². The van der Waals surface area contributed by atoms with Crippen LogP contribution in [0.15, 0.2) is 17.6 Å². The Balaban J connectivity index is 0.00000192. The number of guanidine groups is 1. The van der Waals surface area contributed by atoms with Crippen LogP contribution in [-0.4, -0.2) is 52.3 Å². The SMILES string of the molecule is CN=C(NCCCCn1cnnc1)N1CC2CCCCC2C1.I. The van der Waals surface area contributed by atoms with Gasteiger partial charge in [-0.15, -0.1) is 34.2 Å². The van der Waals surface area contributed by atoms with Crippen LogP contribution in [0.3, 0.4) is 0 Å². The molecule has 1 saturated heterocycles. The molecule has 2 fully saturated rings. The molecule has 1 N–H and O–H groups in total. The molecule has 1 aliphatic heterocycles. The average molecular weight is 432 g/mol. The molecule has 7 heteroatoms. The third-order valence-corrected chi connectivity index (χ3v) is 5.08. The number of halogens is 1. The fraction of sp³-hybridized carbons (Fsp3) is 0.812. The standard InChI is InChI=1S/C16H28N6.HI/c1-17-16(18-8-4-5-9-21-12-19-20-13-21)22-10-14-6-2-3-7-15(14)11-22;/h12-15H,2-11H2,1H3,(H,17,18);1H. The summed E-state index contributed by atoms with van der Waals surface area (Å²) in [5.41, 5.74) is 0. The minimum absolute atomic E-state index is 0. The van der Waals surface area contributed by atoms with E-state index >= 15 is 0 Å². The molecule has 0 amide bonds. The Morgan fingerprint density at radius 2 is 1.78 bits per heavy atom. The minimum atomic E-state index is 0. The number of hydrogen-bond acceptors (Lipinski definition) is 3. The van der Waals surface area contributed by atoms with Crippen molar-refractivity contribution in [3.05, 3.63) is 12.7 Å². The zero-order chi connectivity index (χ0) is 15.2. The molecule has 3 rings (SSSR count). The van der Waals surface area contributed by atoms with Gasteiger partial charge in [-0.05, 0) is 37.5 Å². The van der Waals surface area contributed by atoms with Crippen molar-refractivity contribution in [3.8, 4) is 0 Å². The van der Waals surface area contributed by atoms with Crippen molar-refractivity contribution in [1.82, 2.24) is 25.0 Å².